The Labute approximate surface area is 260 Å². The predicted molar refractivity (Wildman–Crippen MR) is 171 cm³/mol. The third-order valence-electron chi connectivity index (χ3n) is 8.96. The number of nitrogens with zero attached hydrogens (tertiary/aromatic N) is 2. The summed E-state index contributed by atoms with van der Waals surface area (Å²) in [6.45, 7) is 3.87. The summed E-state index contributed by atoms with van der Waals surface area (Å²) in [5.74, 6) is 0.0615. The molecule has 0 spiro atoms. The summed E-state index contributed by atoms with van der Waals surface area (Å²) in [7, 11) is -3.38. The number of sulfonamides is 1. The molecule has 1 N–H and O–H groups in total. The van der Waals surface area contributed by atoms with Crippen LogP contribution >= 0.6 is 23.2 Å². The molecule has 0 radical (unpaired) electrons. The SMILES string of the molecule is CS(=O)(=O)NC1(c2ccccc2)CCN(CCCC2(c3ccc(Cl)c(Cl)c3)CCCN(C(=O)c3ccccc3)C2)CC1. The van der Waals surface area contributed by atoms with Crippen molar-refractivity contribution in [2.24, 2.45) is 0 Å². The number of likely N-dealkylation sites (tertiary alicyclic amines) is 2. The van der Waals surface area contributed by atoms with Crippen LogP contribution in [0.3, 0.4) is 0 Å². The van der Waals surface area contributed by atoms with Crippen LogP contribution in [0.2, 0.25) is 10.0 Å². The number of carbonyl (C=O) groups is 1. The van der Waals surface area contributed by atoms with E-state index < -0.39 is 15.6 Å². The van der Waals surface area contributed by atoms with Gasteiger partial charge < -0.3 is 9.80 Å². The molecule has 224 valence electrons. The van der Waals surface area contributed by atoms with E-state index in [4.69, 9.17) is 23.2 Å². The molecule has 2 aliphatic heterocycles. The summed E-state index contributed by atoms with van der Waals surface area (Å²) in [6.07, 6.45) is 6.40. The molecule has 3 aromatic carbocycles. The van der Waals surface area contributed by atoms with Crippen LogP contribution in [-0.2, 0) is 21.0 Å². The highest BCUT2D eigenvalue weighted by molar-refractivity contribution is 7.88. The van der Waals surface area contributed by atoms with E-state index in [9.17, 15) is 13.2 Å². The maximum absolute atomic E-state index is 13.5. The first-order chi connectivity index (χ1) is 20.1. The minimum atomic E-state index is -3.38. The van der Waals surface area contributed by atoms with Crippen LogP contribution in [0.1, 0.15) is 60.0 Å². The van der Waals surface area contributed by atoms with Crippen molar-refractivity contribution in [2.75, 3.05) is 39.0 Å². The van der Waals surface area contributed by atoms with Gasteiger partial charge in [0.1, 0.15) is 0 Å². The first-order valence-corrected chi connectivity index (χ1v) is 17.3. The number of rotatable bonds is 9. The largest absolute Gasteiger partial charge is 0.338 e. The van der Waals surface area contributed by atoms with E-state index in [0.29, 0.717) is 35.0 Å². The molecule has 0 aromatic heterocycles. The molecule has 2 fully saturated rings. The van der Waals surface area contributed by atoms with Gasteiger partial charge in [0, 0.05) is 37.2 Å². The lowest BCUT2D eigenvalue weighted by molar-refractivity contribution is 0.0617. The highest BCUT2D eigenvalue weighted by atomic mass is 35.5. The molecule has 2 heterocycles. The van der Waals surface area contributed by atoms with Gasteiger partial charge in [0.05, 0.1) is 21.8 Å². The summed E-state index contributed by atoms with van der Waals surface area (Å²) >= 11 is 12.8. The van der Waals surface area contributed by atoms with Gasteiger partial charge >= 0.3 is 0 Å². The number of hydrogen-bond acceptors (Lipinski definition) is 4. The molecule has 1 unspecified atom stereocenters. The van der Waals surface area contributed by atoms with Crippen LogP contribution in [-0.4, -0.2) is 63.1 Å². The third kappa shape index (κ3) is 7.20. The second-order valence-electron chi connectivity index (χ2n) is 11.9. The number of nitrogens with one attached hydrogen (secondary N) is 1. The summed E-state index contributed by atoms with van der Waals surface area (Å²) in [6, 6.07) is 25.3. The van der Waals surface area contributed by atoms with E-state index in [1.165, 1.54) is 6.26 Å². The third-order valence-corrected chi connectivity index (χ3v) is 10.5. The second-order valence-corrected chi connectivity index (χ2v) is 14.4. The molecule has 0 bridgehead atoms. The van der Waals surface area contributed by atoms with Gasteiger partial charge in [-0.25, -0.2) is 13.1 Å². The van der Waals surface area contributed by atoms with Crippen molar-refractivity contribution >= 4 is 39.1 Å². The Balaban J connectivity index is 1.29. The molecule has 1 amide bonds. The van der Waals surface area contributed by atoms with Crippen molar-refractivity contribution in [3.05, 3.63) is 106 Å². The minimum absolute atomic E-state index is 0.0615. The van der Waals surface area contributed by atoms with Crippen LogP contribution in [0.25, 0.3) is 0 Å². The molecular formula is C33H39Cl2N3O3S. The number of benzene rings is 3. The summed E-state index contributed by atoms with van der Waals surface area (Å²) in [5.41, 5.74) is 2.04. The second kappa shape index (κ2) is 13.1. The number of halogens is 2. The quantitative estimate of drug-likeness (QED) is 0.294. The average molecular weight is 629 g/mol. The fourth-order valence-electron chi connectivity index (χ4n) is 6.84. The smallest absolute Gasteiger partial charge is 0.253 e. The Hall–Kier alpha value is -2.42. The normalized spacial score (nSPS) is 21.3. The molecule has 1 atom stereocenters. The van der Waals surface area contributed by atoms with Crippen molar-refractivity contribution in [3.8, 4) is 0 Å². The first kappa shape index (κ1) is 31.0. The molecule has 0 aliphatic carbocycles. The zero-order valence-corrected chi connectivity index (χ0v) is 26.4. The van der Waals surface area contributed by atoms with Crippen LogP contribution in [0.4, 0.5) is 0 Å². The van der Waals surface area contributed by atoms with Crippen molar-refractivity contribution in [1.82, 2.24) is 14.5 Å². The Morgan fingerprint density at radius 3 is 2.17 bits per heavy atom. The maximum Gasteiger partial charge on any atom is 0.253 e. The fourth-order valence-corrected chi connectivity index (χ4v) is 8.17. The molecule has 2 aliphatic rings. The zero-order chi connectivity index (χ0) is 29.8. The monoisotopic (exact) mass is 627 g/mol. The average Bonchev–Trinajstić information content (AvgIpc) is 2.99. The van der Waals surface area contributed by atoms with E-state index in [2.05, 4.69) is 15.7 Å². The molecular weight excluding hydrogens is 589 g/mol. The predicted octanol–water partition coefficient (Wildman–Crippen LogP) is 6.49. The lowest BCUT2D eigenvalue weighted by atomic mass is 9.70. The molecule has 2 saturated heterocycles. The van der Waals surface area contributed by atoms with Crippen molar-refractivity contribution in [2.45, 2.75) is 49.5 Å². The van der Waals surface area contributed by atoms with Gasteiger partial charge in [0.25, 0.3) is 5.91 Å². The van der Waals surface area contributed by atoms with Crippen LogP contribution in [0, 0.1) is 0 Å². The summed E-state index contributed by atoms with van der Waals surface area (Å²) in [5, 5.41) is 1.06. The van der Waals surface area contributed by atoms with Crippen LogP contribution in [0.15, 0.2) is 78.9 Å². The van der Waals surface area contributed by atoms with E-state index in [1.807, 2.05) is 77.7 Å². The minimum Gasteiger partial charge on any atom is -0.338 e. The highest BCUT2D eigenvalue weighted by Crippen LogP contribution is 2.41. The van der Waals surface area contributed by atoms with E-state index in [0.717, 1.165) is 63.0 Å². The van der Waals surface area contributed by atoms with Crippen molar-refractivity contribution < 1.29 is 13.2 Å². The molecule has 9 heteroatoms. The van der Waals surface area contributed by atoms with E-state index in [1.54, 1.807) is 0 Å². The Morgan fingerprint density at radius 2 is 1.52 bits per heavy atom. The number of hydrogen-bond donors (Lipinski definition) is 1. The van der Waals surface area contributed by atoms with E-state index >= 15 is 0 Å². The van der Waals surface area contributed by atoms with Crippen molar-refractivity contribution in [3.63, 3.8) is 0 Å². The van der Waals surface area contributed by atoms with Crippen LogP contribution in [0.5, 0.6) is 0 Å². The Morgan fingerprint density at radius 1 is 0.857 bits per heavy atom. The maximum atomic E-state index is 13.5. The van der Waals surface area contributed by atoms with Gasteiger partial charge in [-0.15, -0.1) is 0 Å². The van der Waals surface area contributed by atoms with Gasteiger partial charge in [-0.1, -0.05) is 77.8 Å². The lowest BCUT2D eigenvalue weighted by Gasteiger charge is -2.45. The van der Waals surface area contributed by atoms with Crippen molar-refractivity contribution in [1.29, 1.82) is 0 Å². The molecule has 5 rings (SSSR count). The summed E-state index contributed by atoms with van der Waals surface area (Å²) in [4.78, 5) is 17.9. The molecule has 6 nitrogen and oxygen atoms in total. The lowest BCUT2D eigenvalue weighted by Crippen LogP contribution is -2.53. The number of piperidine rings is 2. The number of amides is 1. The molecule has 3 aromatic rings. The van der Waals surface area contributed by atoms with Gasteiger partial charge in [-0.05, 0) is 80.5 Å². The Kier molecular flexibility index (Phi) is 9.65. The molecule has 42 heavy (non-hydrogen) atoms. The Bertz CT molecular complexity index is 1480. The van der Waals surface area contributed by atoms with Crippen LogP contribution < -0.4 is 4.72 Å². The molecule has 0 saturated carbocycles. The summed E-state index contributed by atoms with van der Waals surface area (Å²) < 4.78 is 27.6. The standard InChI is InChI=1S/C33H39Cl2N3O3S/c1-42(40,41)36-33(27-12-6-3-7-13-27)18-22-37(23-19-33)20-8-16-32(28-14-15-29(34)30(35)24-28)17-9-21-38(25-32)31(39)26-10-4-2-5-11-26/h2-7,10-15,24,36H,8-9,16-23,25H2,1H3. The van der Waals surface area contributed by atoms with Gasteiger partial charge in [0.2, 0.25) is 10.0 Å². The van der Waals surface area contributed by atoms with Gasteiger partial charge in [-0.3, -0.25) is 4.79 Å². The van der Waals surface area contributed by atoms with Gasteiger partial charge in [-0.2, -0.15) is 0 Å². The van der Waals surface area contributed by atoms with E-state index in [-0.39, 0.29) is 11.3 Å². The van der Waals surface area contributed by atoms with Gasteiger partial charge in [0.15, 0.2) is 0 Å². The zero-order valence-electron chi connectivity index (χ0n) is 24.1. The first-order valence-electron chi connectivity index (χ1n) is 14.7. The topological polar surface area (TPSA) is 69.7 Å². The fraction of sp³-hybridized carbons (Fsp3) is 0.424. The number of carbonyl (C=O) groups excluding carboxylic acids is 1. The highest BCUT2D eigenvalue weighted by Gasteiger charge is 2.41.